The number of rotatable bonds is 5. The number of hydrazone groups is 1. The summed E-state index contributed by atoms with van der Waals surface area (Å²) in [6, 6.07) is 10.7. The fourth-order valence-corrected chi connectivity index (χ4v) is 2.84. The third-order valence-electron chi connectivity index (χ3n) is 3.17. The van der Waals surface area contributed by atoms with Crippen LogP contribution in [0.2, 0.25) is 5.02 Å². The summed E-state index contributed by atoms with van der Waals surface area (Å²) in [6.45, 7) is 0.303. The van der Waals surface area contributed by atoms with E-state index in [-0.39, 0.29) is 19.2 Å². The van der Waals surface area contributed by atoms with Crippen molar-refractivity contribution >= 4 is 45.3 Å². The van der Waals surface area contributed by atoms with E-state index in [1.54, 1.807) is 30.3 Å². The van der Waals surface area contributed by atoms with Crippen LogP contribution in [0.4, 0.5) is 5.69 Å². The number of anilines is 1. The van der Waals surface area contributed by atoms with Crippen molar-refractivity contribution in [3.8, 4) is 11.5 Å². The second-order valence-electron chi connectivity index (χ2n) is 4.88. The van der Waals surface area contributed by atoms with E-state index >= 15 is 0 Å². The maximum absolute atomic E-state index is 11.8. The zero-order chi connectivity index (χ0) is 16.9. The van der Waals surface area contributed by atoms with Crippen molar-refractivity contribution in [3.63, 3.8) is 0 Å². The minimum absolute atomic E-state index is 0.0821. The molecule has 3 rings (SSSR count). The molecule has 0 radical (unpaired) electrons. The molecule has 2 aromatic carbocycles. The van der Waals surface area contributed by atoms with Gasteiger partial charge in [0.2, 0.25) is 6.79 Å². The molecule has 124 valence electrons. The molecule has 1 amide bonds. The van der Waals surface area contributed by atoms with E-state index in [9.17, 15) is 4.79 Å². The Morgan fingerprint density at radius 2 is 2.08 bits per heavy atom. The van der Waals surface area contributed by atoms with Gasteiger partial charge in [0.25, 0.3) is 5.91 Å². The Balaban J connectivity index is 1.50. The largest absolute Gasteiger partial charge is 0.454 e. The van der Waals surface area contributed by atoms with E-state index in [1.165, 1.54) is 6.21 Å². The van der Waals surface area contributed by atoms with E-state index in [0.29, 0.717) is 16.5 Å². The topological polar surface area (TPSA) is 72.0 Å². The van der Waals surface area contributed by atoms with Crippen LogP contribution in [-0.2, 0) is 4.79 Å². The highest BCUT2D eigenvalue weighted by atomic mass is 79.9. The average Bonchev–Trinajstić information content (AvgIpc) is 3.02. The number of fused-ring (bicyclic) bond motifs is 1. The van der Waals surface area contributed by atoms with Crippen LogP contribution in [-0.4, -0.2) is 25.5 Å². The summed E-state index contributed by atoms with van der Waals surface area (Å²) < 4.78 is 11.3. The van der Waals surface area contributed by atoms with Gasteiger partial charge in [-0.05, 0) is 57.9 Å². The molecule has 0 atom stereocenters. The summed E-state index contributed by atoms with van der Waals surface area (Å²) in [4.78, 5) is 11.8. The number of nitrogens with one attached hydrogen (secondary N) is 2. The number of hydrogen-bond acceptors (Lipinski definition) is 5. The summed E-state index contributed by atoms with van der Waals surface area (Å²) in [6.07, 6.45) is 1.54. The smallest absolute Gasteiger partial charge is 0.259 e. The molecular weight excluding hydrogens is 398 g/mol. The van der Waals surface area contributed by atoms with Gasteiger partial charge in [0.1, 0.15) is 0 Å². The van der Waals surface area contributed by atoms with E-state index in [1.807, 2.05) is 6.07 Å². The molecule has 0 spiro atoms. The number of benzene rings is 2. The number of amides is 1. The highest BCUT2D eigenvalue weighted by Gasteiger charge is 2.12. The molecule has 1 aliphatic heterocycles. The van der Waals surface area contributed by atoms with Gasteiger partial charge in [-0.2, -0.15) is 5.10 Å². The van der Waals surface area contributed by atoms with Crippen LogP contribution in [0.25, 0.3) is 0 Å². The first-order chi connectivity index (χ1) is 11.6. The summed E-state index contributed by atoms with van der Waals surface area (Å²) in [7, 11) is 0. The van der Waals surface area contributed by atoms with Crippen molar-refractivity contribution in [2.45, 2.75) is 0 Å². The number of hydrogen-bond donors (Lipinski definition) is 2. The summed E-state index contributed by atoms with van der Waals surface area (Å²) in [5.74, 6) is 1.10. The third-order valence-corrected chi connectivity index (χ3v) is 4.06. The van der Waals surface area contributed by atoms with Crippen LogP contribution in [0.3, 0.4) is 0 Å². The Labute approximate surface area is 151 Å². The standard InChI is InChI=1S/C16H13BrClN3O3/c17-12-6-11(18)2-3-13(12)19-8-16(22)21-20-7-10-1-4-14-15(5-10)24-9-23-14/h1-7,19H,8-9H2,(H,21,22)/b20-7-. The Kier molecular flexibility index (Phi) is 5.22. The average molecular weight is 411 g/mol. The molecule has 2 N–H and O–H groups in total. The number of ether oxygens (including phenoxy) is 2. The van der Waals surface area contributed by atoms with Gasteiger partial charge in [0.15, 0.2) is 11.5 Å². The molecule has 1 aliphatic rings. The normalized spacial score (nSPS) is 12.4. The molecule has 0 aliphatic carbocycles. The lowest BCUT2D eigenvalue weighted by Crippen LogP contribution is -2.26. The van der Waals surface area contributed by atoms with E-state index in [0.717, 1.165) is 15.7 Å². The Bertz CT molecular complexity index is 798. The van der Waals surface area contributed by atoms with Crippen LogP contribution in [0, 0.1) is 0 Å². The van der Waals surface area contributed by atoms with E-state index < -0.39 is 0 Å². The maximum Gasteiger partial charge on any atom is 0.259 e. The van der Waals surface area contributed by atoms with Crippen LogP contribution in [0.1, 0.15) is 5.56 Å². The van der Waals surface area contributed by atoms with Gasteiger partial charge in [0.05, 0.1) is 12.8 Å². The lowest BCUT2D eigenvalue weighted by molar-refractivity contribution is -0.119. The monoisotopic (exact) mass is 409 g/mol. The van der Waals surface area contributed by atoms with Gasteiger partial charge in [-0.15, -0.1) is 0 Å². The molecule has 0 unspecified atom stereocenters. The minimum Gasteiger partial charge on any atom is -0.454 e. The SMILES string of the molecule is O=C(CNc1ccc(Cl)cc1Br)N/N=C\c1ccc2c(c1)OCO2. The molecular formula is C16H13BrClN3O3. The van der Waals surface area contributed by atoms with Gasteiger partial charge in [-0.25, -0.2) is 5.43 Å². The Morgan fingerprint density at radius 3 is 2.92 bits per heavy atom. The number of carbonyl (C=O) groups is 1. The predicted molar refractivity (Wildman–Crippen MR) is 95.9 cm³/mol. The van der Waals surface area contributed by atoms with Crippen molar-refractivity contribution < 1.29 is 14.3 Å². The van der Waals surface area contributed by atoms with Gasteiger partial charge < -0.3 is 14.8 Å². The first-order valence-electron chi connectivity index (χ1n) is 7.02. The van der Waals surface area contributed by atoms with Gasteiger partial charge in [-0.3, -0.25) is 4.79 Å². The molecule has 0 aromatic heterocycles. The van der Waals surface area contributed by atoms with Crippen molar-refractivity contribution in [2.75, 3.05) is 18.7 Å². The first kappa shape index (κ1) is 16.6. The number of nitrogens with zero attached hydrogens (tertiary/aromatic N) is 1. The summed E-state index contributed by atoms with van der Waals surface area (Å²) >= 11 is 9.24. The third kappa shape index (κ3) is 4.18. The van der Waals surface area contributed by atoms with E-state index in [4.69, 9.17) is 21.1 Å². The van der Waals surface area contributed by atoms with Crippen molar-refractivity contribution in [3.05, 3.63) is 51.5 Å². The maximum atomic E-state index is 11.8. The molecule has 6 nitrogen and oxygen atoms in total. The fourth-order valence-electron chi connectivity index (χ4n) is 2.02. The first-order valence-corrected chi connectivity index (χ1v) is 8.19. The molecule has 24 heavy (non-hydrogen) atoms. The molecule has 0 bridgehead atoms. The van der Waals surface area contributed by atoms with Gasteiger partial charge in [-0.1, -0.05) is 11.6 Å². The molecule has 2 aromatic rings. The van der Waals surface area contributed by atoms with Crippen LogP contribution >= 0.6 is 27.5 Å². The Hall–Kier alpha value is -2.25. The quantitative estimate of drug-likeness (QED) is 0.585. The number of halogens is 2. The van der Waals surface area contributed by atoms with Crippen molar-refractivity contribution in [1.82, 2.24) is 5.43 Å². The lowest BCUT2D eigenvalue weighted by Gasteiger charge is -2.07. The van der Waals surface area contributed by atoms with Gasteiger partial charge >= 0.3 is 0 Å². The van der Waals surface area contributed by atoms with E-state index in [2.05, 4.69) is 31.8 Å². The number of carbonyl (C=O) groups excluding carboxylic acids is 1. The molecule has 0 fully saturated rings. The van der Waals surface area contributed by atoms with Crippen LogP contribution in [0.15, 0.2) is 46.0 Å². The Morgan fingerprint density at radius 1 is 1.25 bits per heavy atom. The van der Waals surface area contributed by atoms with Crippen molar-refractivity contribution in [2.24, 2.45) is 5.10 Å². The molecule has 0 saturated carbocycles. The molecule has 0 saturated heterocycles. The van der Waals surface area contributed by atoms with Crippen molar-refractivity contribution in [1.29, 1.82) is 0 Å². The summed E-state index contributed by atoms with van der Waals surface area (Å²) in [5, 5.41) is 7.53. The highest BCUT2D eigenvalue weighted by molar-refractivity contribution is 9.10. The molecule has 8 heteroatoms. The second-order valence-corrected chi connectivity index (χ2v) is 6.17. The lowest BCUT2D eigenvalue weighted by atomic mass is 10.2. The predicted octanol–water partition coefficient (Wildman–Crippen LogP) is 3.39. The zero-order valence-corrected chi connectivity index (χ0v) is 14.7. The van der Waals surface area contributed by atoms with Crippen LogP contribution in [0.5, 0.6) is 11.5 Å². The molecule has 1 heterocycles. The second kappa shape index (κ2) is 7.55. The zero-order valence-electron chi connectivity index (χ0n) is 12.4. The highest BCUT2D eigenvalue weighted by Crippen LogP contribution is 2.32. The van der Waals surface area contributed by atoms with Crippen LogP contribution < -0.4 is 20.2 Å². The van der Waals surface area contributed by atoms with Gasteiger partial charge in [0, 0.05) is 15.2 Å². The summed E-state index contributed by atoms with van der Waals surface area (Å²) in [5.41, 5.74) is 4.03. The minimum atomic E-state index is -0.270. The fraction of sp³-hybridized carbons (Fsp3) is 0.125.